The van der Waals surface area contributed by atoms with E-state index in [4.69, 9.17) is 11.6 Å². The predicted molar refractivity (Wildman–Crippen MR) is 68.1 cm³/mol. The van der Waals surface area contributed by atoms with E-state index in [0.717, 1.165) is 24.3 Å². The summed E-state index contributed by atoms with van der Waals surface area (Å²) in [6.45, 7) is 0. The number of halogens is 1. The topological polar surface area (TPSA) is 0 Å². The number of aryl methyl sites for hydroxylation is 2. The van der Waals surface area contributed by atoms with Gasteiger partial charge in [0.05, 0.1) is 0 Å². The summed E-state index contributed by atoms with van der Waals surface area (Å²) in [5.41, 5.74) is 5.76. The minimum atomic E-state index is 0.845. The molecule has 0 saturated carbocycles. The molecule has 0 heterocycles. The van der Waals surface area contributed by atoms with Crippen molar-refractivity contribution < 1.29 is 0 Å². The lowest BCUT2D eigenvalue weighted by Gasteiger charge is -2.06. The van der Waals surface area contributed by atoms with E-state index in [1.54, 1.807) is 0 Å². The Labute approximate surface area is 101 Å². The van der Waals surface area contributed by atoms with E-state index in [1.165, 1.54) is 22.3 Å². The number of fused-ring (bicyclic) bond motifs is 2. The Morgan fingerprint density at radius 3 is 2.25 bits per heavy atom. The number of hydrogen-bond donors (Lipinski definition) is 0. The molecular formula is C15H13Cl. The summed E-state index contributed by atoms with van der Waals surface area (Å²) in [4.78, 5) is 0. The molecule has 0 nitrogen and oxygen atoms in total. The van der Waals surface area contributed by atoms with Crippen LogP contribution in [0.1, 0.15) is 22.3 Å². The average molecular weight is 229 g/mol. The molecule has 0 unspecified atom stereocenters. The van der Waals surface area contributed by atoms with Crippen molar-refractivity contribution in [1.29, 1.82) is 0 Å². The maximum Gasteiger partial charge on any atom is 0.0409 e. The van der Waals surface area contributed by atoms with E-state index in [1.807, 2.05) is 6.07 Å². The average Bonchev–Trinajstić information content (AvgIpc) is 2.47. The van der Waals surface area contributed by atoms with Gasteiger partial charge in [-0.25, -0.2) is 0 Å². The van der Waals surface area contributed by atoms with E-state index in [-0.39, 0.29) is 0 Å². The van der Waals surface area contributed by atoms with E-state index >= 15 is 0 Å². The summed E-state index contributed by atoms with van der Waals surface area (Å²) in [5, 5.41) is 0.845. The maximum absolute atomic E-state index is 6.06. The first kappa shape index (κ1) is 9.92. The first-order chi connectivity index (χ1) is 7.83. The molecule has 0 fully saturated rings. The highest BCUT2D eigenvalue weighted by Gasteiger charge is 2.12. The number of rotatable bonds is 0. The van der Waals surface area contributed by atoms with E-state index in [2.05, 4.69) is 36.4 Å². The maximum atomic E-state index is 6.06. The van der Waals surface area contributed by atoms with Crippen LogP contribution in [0.3, 0.4) is 0 Å². The lowest BCUT2D eigenvalue weighted by molar-refractivity contribution is 0.965. The van der Waals surface area contributed by atoms with Crippen LogP contribution in [0.2, 0.25) is 5.02 Å². The van der Waals surface area contributed by atoms with Crippen LogP contribution in [0.4, 0.5) is 0 Å². The zero-order valence-electron chi connectivity index (χ0n) is 9.04. The van der Waals surface area contributed by atoms with E-state index in [0.29, 0.717) is 0 Å². The van der Waals surface area contributed by atoms with Gasteiger partial charge in [0.1, 0.15) is 0 Å². The molecule has 1 aliphatic carbocycles. The van der Waals surface area contributed by atoms with Gasteiger partial charge in [0.2, 0.25) is 0 Å². The molecule has 2 aromatic carbocycles. The second kappa shape index (κ2) is 3.95. The summed E-state index contributed by atoms with van der Waals surface area (Å²) < 4.78 is 0. The van der Waals surface area contributed by atoms with E-state index in [9.17, 15) is 0 Å². The van der Waals surface area contributed by atoms with Gasteiger partial charge in [0, 0.05) is 5.02 Å². The third kappa shape index (κ3) is 1.74. The highest BCUT2D eigenvalue weighted by atomic mass is 35.5. The molecule has 16 heavy (non-hydrogen) atoms. The Morgan fingerprint density at radius 2 is 1.44 bits per heavy atom. The van der Waals surface area contributed by atoms with E-state index < -0.39 is 0 Å². The standard InChI is InChI=1S/C15H13Cl/c16-15-8-7-12-6-5-11-3-1-2-4-13(11)9-14(12)10-15/h1-4,7-8,10H,5-6,9H2. The monoisotopic (exact) mass is 228 g/mol. The molecule has 2 aromatic rings. The van der Waals surface area contributed by atoms with Gasteiger partial charge in [-0.15, -0.1) is 0 Å². The van der Waals surface area contributed by atoms with Gasteiger partial charge in [0.25, 0.3) is 0 Å². The Balaban J connectivity index is 2.10. The molecule has 0 saturated heterocycles. The lowest BCUT2D eigenvalue weighted by atomic mass is 10.0. The lowest BCUT2D eigenvalue weighted by Crippen LogP contribution is -1.91. The summed E-state index contributed by atoms with van der Waals surface area (Å²) in [6, 6.07) is 15.0. The first-order valence-corrected chi connectivity index (χ1v) is 6.05. The molecule has 0 amide bonds. The molecule has 80 valence electrons. The van der Waals surface area contributed by atoms with Crippen molar-refractivity contribution in [2.75, 3.05) is 0 Å². The van der Waals surface area contributed by atoms with Crippen molar-refractivity contribution in [3.63, 3.8) is 0 Å². The fraction of sp³-hybridized carbons (Fsp3) is 0.200. The van der Waals surface area contributed by atoms with Crippen molar-refractivity contribution in [2.24, 2.45) is 0 Å². The Morgan fingerprint density at radius 1 is 0.750 bits per heavy atom. The quantitative estimate of drug-likeness (QED) is 0.639. The van der Waals surface area contributed by atoms with Gasteiger partial charge >= 0.3 is 0 Å². The molecule has 0 bridgehead atoms. The molecule has 0 spiro atoms. The predicted octanol–water partition coefficient (Wildman–Crippen LogP) is 4.03. The third-order valence-corrected chi connectivity index (χ3v) is 3.57. The van der Waals surface area contributed by atoms with Crippen LogP contribution >= 0.6 is 11.6 Å². The van der Waals surface area contributed by atoms with Gasteiger partial charge in [0.15, 0.2) is 0 Å². The second-order valence-electron chi connectivity index (χ2n) is 4.36. The Hall–Kier alpha value is -1.27. The zero-order valence-corrected chi connectivity index (χ0v) is 9.80. The van der Waals surface area contributed by atoms with Crippen LogP contribution in [0, 0.1) is 0 Å². The van der Waals surface area contributed by atoms with Gasteiger partial charge < -0.3 is 0 Å². The number of hydrogen-bond acceptors (Lipinski definition) is 0. The zero-order chi connectivity index (χ0) is 11.0. The SMILES string of the molecule is Clc1ccc2c(c1)Cc1ccccc1CC2. The molecule has 1 heteroatoms. The third-order valence-electron chi connectivity index (χ3n) is 3.33. The fourth-order valence-electron chi connectivity index (χ4n) is 2.45. The normalized spacial score (nSPS) is 13.8. The minimum absolute atomic E-state index is 0.845. The van der Waals surface area contributed by atoms with Gasteiger partial charge in [-0.05, 0) is 53.6 Å². The van der Waals surface area contributed by atoms with Crippen molar-refractivity contribution in [3.8, 4) is 0 Å². The second-order valence-corrected chi connectivity index (χ2v) is 4.79. The van der Waals surface area contributed by atoms with Crippen molar-refractivity contribution in [2.45, 2.75) is 19.3 Å². The minimum Gasteiger partial charge on any atom is -0.0843 e. The molecule has 1 aliphatic rings. The van der Waals surface area contributed by atoms with Crippen LogP contribution in [0.15, 0.2) is 42.5 Å². The van der Waals surface area contributed by atoms with Crippen molar-refractivity contribution in [3.05, 3.63) is 69.7 Å². The largest absolute Gasteiger partial charge is 0.0843 e. The number of benzene rings is 2. The highest BCUT2D eigenvalue weighted by Crippen LogP contribution is 2.26. The first-order valence-electron chi connectivity index (χ1n) is 5.67. The molecule has 3 rings (SSSR count). The molecule has 0 radical (unpaired) electrons. The summed E-state index contributed by atoms with van der Waals surface area (Å²) in [5.74, 6) is 0. The van der Waals surface area contributed by atoms with Crippen molar-refractivity contribution >= 4 is 11.6 Å². The Bertz CT molecular complexity index is 529. The van der Waals surface area contributed by atoms with Gasteiger partial charge in [-0.1, -0.05) is 41.9 Å². The van der Waals surface area contributed by atoms with Crippen LogP contribution in [-0.2, 0) is 19.3 Å². The summed E-state index contributed by atoms with van der Waals surface area (Å²) >= 11 is 6.06. The molecule has 0 atom stereocenters. The van der Waals surface area contributed by atoms with Crippen LogP contribution in [0.5, 0.6) is 0 Å². The van der Waals surface area contributed by atoms with Crippen LogP contribution in [-0.4, -0.2) is 0 Å². The molecule has 0 aromatic heterocycles. The fourth-order valence-corrected chi connectivity index (χ4v) is 2.65. The smallest absolute Gasteiger partial charge is 0.0409 e. The summed E-state index contributed by atoms with van der Waals surface area (Å²) in [7, 11) is 0. The van der Waals surface area contributed by atoms with Crippen LogP contribution < -0.4 is 0 Å². The van der Waals surface area contributed by atoms with Crippen molar-refractivity contribution in [1.82, 2.24) is 0 Å². The summed E-state index contributed by atoms with van der Waals surface area (Å²) in [6.07, 6.45) is 3.29. The molecule has 0 aliphatic heterocycles. The van der Waals surface area contributed by atoms with Crippen LogP contribution in [0.25, 0.3) is 0 Å². The van der Waals surface area contributed by atoms with Gasteiger partial charge in [-0.3, -0.25) is 0 Å². The highest BCUT2D eigenvalue weighted by molar-refractivity contribution is 6.30. The molecular weight excluding hydrogens is 216 g/mol. The molecule has 0 N–H and O–H groups in total. The van der Waals surface area contributed by atoms with Gasteiger partial charge in [-0.2, -0.15) is 0 Å². The Kier molecular flexibility index (Phi) is 2.45.